The summed E-state index contributed by atoms with van der Waals surface area (Å²) in [5, 5.41) is 0. The maximum atomic E-state index is 12.2. The van der Waals surface area contributed by atoms with Gasteiger partial charge in [0.1, 0.15) is 0 Å². The zero-order chi connectivity index (χ0) is 12.4. The molecule has 0 saturated carbocycles. The topological polar surface area (TPSA) is 26.3 Å². The monoisotopic (exact) mass is 246 g/mol. The van der Waals surface area contributed by atoms with Gasteiger partial charge in [0.15, 0.2) is 0 Å². The van der Waals surface area contributed by atoms with Gasteiger partial charge in [-0.25, -0.2) is 22.9 Å². The Labute approximate surface area is 76.7 Å². The van der Waals surface area contributed by atoms with Crippen molar-refractivity contribution >= 4 is 5.97 Å². The van der Waals surface area contributed by atoms with E-state index in [1.807, 2.05) is 0 Å². The molecule has 0 N–H and O–H groups in total. The molecular weight excluding hydrogens is 244 g/mol. The van der Waals surface area contributed by atoms with Gasteiger partial charge in [-0.05, 0) is 0 Å². The van der Waals surface area contributed by atoms with Crippen LogP contribution in [-0.4, -0.2) is 30.4 Å². The van der Waals surface area contributed by atoms with Gasteiger partial charge in [0.25, 0.3) is 6.43 Å². The van der Waals surface area contributed by atoms with Crippen LogP contribution in [0.3, 0.4) is 0 Å². The number of carbonyl (C=O) groups excluding carboxylic acids is 1. The highest BCUT2D eigenvalue weighted by molar-refractivity contribution is 5.78. The SMILES string of the molecule is O=C(OF)C(F)(F)C(F)(F)C(F)C(F)F. The van der Waals surface area contributed by atoms with Crippen LogP contribution in [0.15, 0.2) is 0 Å². The van der Waals surface area contributed by atoms with E-state index in [2.05, 4.69) is 0 Å². The van der Waals surface area contributed by atoms with Crippen LogP contribution in [0.2, 0.25) is 0 Å². The standard InChI is InChI=1S/C5H2F8O2/c6-1(2(7)8)4(9,10)5(11,12)3(14)15-13/h1-2H. The Morgan fingerprint density at radius 1 is 1.07 bits per heavy atom. The van der Waals surface area contributed by atoms with Crippen LogP contribution < -0.4 is 0 Å². The summed E-state index contributed by atoms with van der Waals surface area (Å²) in [5.41, 5.74) is 0. The molecule has 2 nitrogen and oxygen atoms in total. The molecule has 0 aromatic heterocycles. The van der Waals surface area contributed by atoms with Gasteiger partial charge in [0, 0.05) is 4.53 Å². The lowest BCUT2D eigenvalue weighted by Crippen LogP contribution is -2.55. The molecule has 0 aliphatic rings. The van der Waals surface area contributed by atoms with Crippen LogP contribution in [0.4, 0.5) is 35.3 Å². The van der Waals surface area contributed by atoms with Gasteiger partial charge in [-0.3, -0.25) is 0 Å². The molecule has 0 aromatic rings. The first-order valence-electron chi connectivity index (χ1n) is 3.10. The Kier molecular flexibility index (Phi) is 3.88. The van der Waals surface area contributed by atoms with Crippen LogP contribution in [0, 0.1) is 0 Å². The van der Waals surface area contributed by atoms with Gasteiger partial charge in [-0.2, -0.15) is 17.6 Å². The Morgan fingerprint density at radius 2 is 1.47 bits per heavy atom. The van der Waals surface area contributed by atoms with Crippen molar-refractivity contribution in [2.75, 3.05) is 0 Å². The van der Waals surface area contributed by atoms with E-state index in [0.717, 1.165) is 0 Å². The highest BCUT2D eigenvalue weighted by atomic mass is 19.3. The van der Waals surface area contributed by atoms with E-state index in [9.17, 15) is 40.1 Å². The summed E-state index contributed by atoms with van der Waals surface area (Å²) >= 11 is 0. The molecule has 0 aromatic carbocycles. The predicted octanol–water partition coefficient (Wildman–Crippen LogP) is 2.29. The van der Waals surface area contributed by atoms with Gasteiger partial charge < -0.3 is 0 Å². The average Bonchev–Trinajstić information content (AvgIpc) is 2.14. The maximum Gasteiger partial charge on any atom is 0.424 e. The van der Waals surface area contributed by atoms with E-state index in [0.29, 0.717) is 0 Å². The number of halogens is 8. The number of rotatable bonds is 4. The summed E-state index contributed by atoms with van der Waals surface area (Å²) in [6.07, 6.45) is -9.08. The van der Waals surface area contributed by atoms with Crippen molar-refractivity contribution in [3.8, 4) is 0 Å². The maximum absolute atomic E-state index is 12.2. The molecule has 0 radical (unpaired) electrons. The van der Waals surface area contributed by atoms with Crippen molar-refractivity contribution in [2.24, 2.45) is 0 Å². The van der Waals surface area contributed by atoms with E-state index in [-0.39, 0.29) is 0 Å². The third kappa shape index (κ3) is 2.29. The summed E-state index contributed by atoms with van der Waals surface area (Å²) in [6.45, 7) is 0. The second kappa shape index (κ2) is 4.19. The predicted molar refractivity (Wildman–Crippen MR) is 28.0 cm³/mol. The second-order valence-corrected chi connectivity index (χ2v) is 2.30. The number of hydrogen-bond acceptors (Lipinski definition) is 2. The Morgan fingerprint density at radius 3 is 1.73 bits per heavy atom. The van der Waals surface area contributed by atoms with Crippen molar-refractivity contribution in [3.05, 3.63) is 0 Å². The average molecular weight is 246 g/mol. The molecule has 90 valence electrons. The summed E-state index contributed by atoms with van der Waals surface area (Å²) in [4.78, 5) is 11.5. The first-order valence-corrected chi connectivity index (χ1v) is 3.10. The largest absolute Gasteiger partial charge is 0.424 e. The van der Waals surface area contributed by atoms with Gasteiger partial charge >= 0.3 is 17.8 Å². The lowest BCUT2D eigenvalue weighted by atomic mass is 10.1. The molecule has 0 rings (SSSR count). The fourth-order valence-electron chi connectivity index (χ4n) is 0.516. The van der Waals surface area contributed by atoms with Crippen molar-refractivity contribution in [2.45, 2.75) is 24.4 Å². The molecular formula is C5H2F8O2. The highest BCUT2D eigenvalue weighted by Crippen LogP contribution is 2.41. The summed E-state index contributed by atoms with van der Waals surface area (Å²) < 4.78 is 94.4. The number of carbonyl (C=O) groups is 1. The molecule has 0 saturated heterocycles. The number of alkyl halides is 7. The first kappa shape index (κ1) is 13.9. The Balaban J connectivity index is 5.08. The lowest BCUT2D eigenvalue weighted by molar-refractivity contribution is -0.276. The van der Waals surface area contributed by atoms with E-state index in [1.165, 1.54) is 0 Å². The number of hydrogen-bond donors (Lipinski definition) is 0. The second-order valence-electron chi connectivity index (χ2n) is 2.30. The van der Waals surface area contributed by atoms with Crippen molar-refractivity contribution in [1.29, 1.82) is 0 Å². The van der Waals surface area contributed by atoms with Crippen molar-refractivity contribution < 1.29 is 45.0 Å². The van der Waals surface area contributed by atoms with Gasteiger partial charge in [-0.15, -0.1) is 0 Å². The molecule has 0 fully saturated rings. The summed E-state index contributed by atoms with van der Waals surface area (Å²) in [7, 11) is 0. The van der Waals surface area contributed by atoms with Crippen molar-refractivity contribution in [1.82, 2.24) is 0 Å². The smallest absolute Gasteiger partial charge is 0.248 e. The molecule has 1 atom stereocenters. The fraction of sp³-hybridized carbons (Fsp3) is 0.800. The fourth-order valence-corrected chi connectivity index (χ4v) is 0.516. The summed E-state index contributed by atoms with van der Waals surface area (Å²) in [5.74, 6) is -15.5. The first-order chi connectivity index (χ1) is 6.59. The van der Waals surface area contributed by atoms with Crippen LogP contribution in [0.5, 0.6) is 0 Å². The molecule has 0 aliphatic carbocycles. The van der Waals surface area contributed by atoms with Crippen LogP contribution in [0.1, 0.15) is 0 Å². The van der Waals surface area contributed by atoms with Crippen LogP contribution >= 0.6 is 0 Å². The van der Waals surface area contributed by atoms with Gasteiger partial charge in [0.2, 0.25) is 6.17 Å². The van der Waals surface area contributed by atoms with Crippen molar-refractivity contribution in [3.63, 3.8) is 0 Å². The Bertz CT molecular complexity index is 239. The zero-order valence-corrected chi connectivity index (χ0v) is 6.49. The summed E-state index contributed by atoms with van der Waals surface area (Å²) in [6, 6.07) is 0. The lowest BCUT2D eigenvalue weighted by Gasteiger charge is -2.25. The molecule has 0 bridgehead atoms. The minimum absolute atomic E-state index is 1.75. The molecule has 15 heavy (non-hydrogen) atoms. The molecule has 1 unspecified atom stereocenters. The van der Waals surface area contributed by atoms with E-state index in [4.69, 9.17) is 0 Å². The van der Waals surface area contributed by atoms with Crippen LogP contribution in [0.25, 0.3) is 0 Å². The minimum Gasteiger partial charge on any atom is -0.248 e. The Hall–Kier alpha value is -1.09. The molecule has 0 aliphatic heterocycles. The quantitative estimate of drug-likeness (QED) is 0.711. The molecule has 0 heterocycles. The minimum atomic E-state index is -6.07. The van der Waals surface area contributed by atoms with E-state index < -0.39 is 30.4 Å². The van der Waals surface area contributed by atoms with Gasteiger partial charge in [-0.1, -0.05) is 0 Å². The van der Waals surface area contributed by atoms with Crippen LogP contribution in [-0.2, 0) is 9.74 Å². The van der Waals surface area contributed by atoms with Gasteiger partial charge in [0.05, 0.1) is 0 Å². The highest BCUT2D eigenvalue weighted by Gasteiger charge is 2.70. The normalized spacial score (nSPS) is 15.3. The molecule has 0 amide bonds. The molecule has 0 spiro atoms. The molecule has 10 heteroatoms. The third-order valence-corrected chi connectivity index (χ3v) is 1.31. The zero-order valence-electron chi connectivity index (χ0n) is 6.49. The van der Waals surface area contributed by atoms with E-state index in [1.54, 1.807) is 4.94 Å². The third-order valence-electron chi connectivity index (χ3n) is 1.31. The van der Waals surface area contributed by atoms with E-state index >= 15 is 0 Å².